The normalized spacial score (nSPS) is 9.62. The van der Waals surface area contributed by atoms with Gasteiger partial charge in [-0.15, -0.1) is 0 Å². The van der Waals surface area contributed by atoms with E-state index in [1.54, 1.807) is 11.8 Å². The first-order valence-electron chi connectivity index (χ1n) is 3.85. The molecular formula is C10H10INS. The zero-order valence-electron chi connectivity index (χ0n) is 7.27. The summed E-state index contributed by atoms with van der Waals surface area (Å²) in [5.74, 6) is 0. The van der Waals surface area contributed by atoms with Crippen LogP contribution in [0.2, 0.25) is 0 Å². The van der Waals surface area contributed by atoms with Gasteiger partial charge in [-0.25, -0.2) is 0 Å². The first kappa shape index (κ1) is 10.8. The summed E-state index contributed by atoms with van der Waals surface area (Å²) < 4.78 is 2.19. The van der Waals surface area contributed by atoms with Crippen LogP contribution in [-0.4, -0.2) is 6.26 Å². The van der Waals surface area contributed by atoms with Gasteiger partial charge in [0.05, 0.1) is 0 Å². The Balaban J connectivity index is 0.000000845. The van der Waals surface area contributed by atoms with Crippen LogP contribution in [-0.2, 0) is 0 Å². The molecule has 3 heteroatoms. The monoisotopic (exact) mass is 303 g/mol. The summed E-state index contributed by atoms with van der Waals surface area (Å²) in [6, 6.07) is 12.5. The second kappa shape index (κ2) is 4.81. The van der Waals surface area contributed by atoms with Gasteiger partial charge in [-0.3, -0.25) is 0 Å². The highest BCUT2D eigenvalue weighted by molar-refractivity contribution is 7.98. The number of pyridine rings is 2. The van der Waals surface area contributed by atoms with Crippen molar-refractivity contribution in [3.05, 3.63) is 42.6 Å². The first-order valence-corrected chi connectivity index (χ1v) is 5.08. The molecule has 0 saturated carbocycles. The summed E-state index contributed by atoms with van der Waals surface area (Å²) in [6.07, 6.45) is 4.18. The fourth-order valence-corrected chi connectivity index (χ4v) is 1.85. The SMILES string of the molecule is CSc1cccc2cccc[n+]12.[I-]. The molecule has 0 N–H and O–H groups in total. The van der Waals surface area contributed by atoms with Crippen LogP contribution in [0.15, 0.2) is 47.6 Å². The zero-order valence-corrected chi connectivity index (χ0v) is 10.2. The van der Waals surface area contributed by atoms with Crippen LogP contribution in [0, 0.1) is 0 Å². The maximum absolute atomic E-state index is 2.19. The fourth-order valence-electron chi connectivity index (χ4n) is 1.27. The van der Waals surface area contributed by atoms with Crippen molar-refractivity contribution in [3.63, 3.8) is 0 Å². The molecule has 0 amide bonds. The number of aromatic nitrogens is 1. The van der Waals surface area contributed by atoms with Gasteiger partial charge in [0.2, 0.25) is 10.5 Å². The highest BCUT2D eigenvalue weighted by Gasteiger charge is 2.05. The van der Waals surface area contributed by atoms with E-state index in [4.69, 9.17) is 0 Å². The lowest BCUT2D eigenvalue weighted by Gasteiger charge is -1.93. The van der Waals surface area contributed by atoms with E-state index in [2.05, 4.69) is 47.2 Å². The largest absolute Gasteiger partial charge is 1.00 e. The number of nitrogens with zero attached hydrogens (tertiary/aromatic N) is 1. The molecule has 0 atom stereocenters. The number of thioether (sulfide) groups is 1. The van der Waals surface area contributed by atoms with E-state index in [1.807, 2.05) is 6.07 Å². The predicted octanol–water partition coefficient (Wildman–Crippen LogP) is -0.849. The van der Waals surface area contributed by atoms with E-state index in [1.165, 1.54) is 10.5 Å². The Morgan fingerprint density at radius 3 is 2.62 bits per heavy atom. The van der Waals surface area contributed by atoms with Crippen molar-refractivity contribution in [2.45, 2.75) is 5.03 Å². The lowest BCUT2D eigenvalue weighted by atomic mass is 10.3. The molecule has 0 unspecified atom stereocenters. The van der Waals surface area contributed by atoms with E-state index < -0.39 is 0 Å². The lowest BCUT2D eigenvalue weighted by molar-refractivity contribution is -0.555. The van der Waals surface area contributed by atoms with Gasteiger partial charge in [0.1, 0.15) is 0 Å². The quantitative estimate of drug-likeness (QED) is 0.377. The molecule has 0 aliphatic rings. The molecule has 0 fully saturated rings. The van der Waals surface area contributed by atoms with E-state index in [9.17, 15) is 0 Å². The predicted molar refractivity (Wildman–Crippen MR) is 51.4 cm³/mol. The van der Waals surface area contributed by atoms with Gasteiger partial charge < -0.3 is 24.0 Å². The summed E-state index contributed by atoms with van der Waals surface area (Å²) in [4.78, 5) is 0. The molecule has 0 aliphatic heterocycles. The molecular weight excluding hydrogens is 293 g/mol. The smallest absolute Gasteiger partial charge is 0.245 e. The summed E-state index contributed by atoms with van der Waals surface area (Å²) in [5, 5.41) is 1.27. The summed E-state index contributed by atoms with van der Waals surface area (Å²) in [6.45, 7) is 0. The van der Waals surface area contributed by atoms with Crippen molar-refractivity contribution in [2.75, 3.05) is 6.26 Å². The first-order chi connectivity index (χ1) is 5.92. The molecule has 1 nitrogen and oxygen atoms in total. The number of hydrogen-bond donors (Lipinski definition) is 0. The number of halogens is 1. The molecule has 2 rings (SSSR count). The molecule has 0 radical (unpaired) electrons. The van der Waals surface area contributed by atoms with E-state index in [-0.39, 0.29) is 24.0 Å². The van der Waals surface area contributed by atoms with Crippen LogP contribution in [0.5, 0.6) is 0 Å². The van der Waals surface area contributed by atoms with E-state index >= 15 is 0 Å². The highest BCUT2D eigenvalue weighted by Crippen LogP contribution is 2.09. The average molecular weight is 303 g/mol. The molecule has 0 saturated heterocycles. The van der Waals surface area contributed by atoms with Crippen molar-refractivity contribution in [2.24, 2.45) is 0 Å². The van der Waals surface area contributed by atoms with Crippen molar-refractivity contribution in [1.82, 2.24) is 0 Å². The molecule has 2 heterocycles. The Hall–Kier alpha value is -0.290. The minimum Gasteiger partial charge on any atom is -1.00 e. The molecule has 0 spiro atoms. The van der Waals surface area contributed by atoms with Crippen molar-refractivity contribution in [3.8, 4) is 0 Å². The standard InChI is InChI=1S/C10H10NS.HI/c1-12-10-7-4-6-9-5-2-3-8-11(9)10;/h2-8H,1H3;1H/q+1;/p-1. The fraction of sp³-hybridized carbons (Fsp3) is 0.100. The molecule has 2 aromatic heterocycles. The summed E-state index contributed by atoms with van der Waals surface area (Å²) >= 11 is 1.76. The summed E-state index contributed by atoms with van der Waals surface area (Å²) in [7, 11) is 0. The van der Waals surface area contributed by atoms with Crippen molar-refractivity contribution in [1.29, 1.82) is 0 Å². The molecule has 2 aromatic rings. The topological polar surface area (TPSA) is 4.10 Å². The van der Waals surface area contributed by atoms with Crippen LogP contribution in [0.25, 0.3) is 5.52 Å². The van der Waals surface area contributed by atoms with Gasteiger partial charge in [-0.05, 0) is 18.4 Å². The summed E-state index contributed by atoms with van der Waals surface area (Å²) in [5.41, 5.74) is 1.24. The number of hydrogen-bond acceptors (Lipinski definition) is 1. The Kier molecular flexibility index (Phi) is 3.99. The third-order valence-corrected chi connectivity index (χ3v) is 2.59. The average Bonchev–Trinajstić information content (AvgIpc) is 2.17. The number of rotatable bonds is 1. The van der Waals surface area contributed by atoms with Crippen molar-refractivity contribution >= 4 is 17.3 Å². The van der Waals surface area contributed by atoms with Crippen molar-refractivity contribution < 1.29 is 28.4 Å². The van der Waals surface area contributed by atoms with Gasteiger partial charge in [0.25, 0.3) is 0 Å². The molecule has 68 valence electrons. The Morgan fingerprint density at radius 1 is 1.08 bits per heavy atom. The maximum Gasteiger partial charge on any atom is 0.245 e. The van der Waals surface area contributed by atoms with Crippen LogP contribution in [0.1, 0.15) is 0 Å². The van der Waals surface area contributed by atoms with Crippen LogP contribution in [0.4, 0.5) is 0 Å². The van der Waals surface area contributed by atoms with Crippen LogP contribution >= 0.6 is 11.8 Å². The zero-order chi connectivity index (χ0) is 8.39. The van der Waals surface area contributed by atoms with Crippen LogP contribution < -0.4 is 28.4 Å². The minimum absolute atomic E-state index is 0. The molecule has 0 aromatic carbocycles. The van der Waals surface area contributed by atoms with E-state index in [0.717, 1.165) is 0 Å². The second-order valence-electron chi connectivity index (χ2n) is 2.56. The minimum atomic E-state index is 0. The van der Waals surface area contributed by atoms with Gasteiger partial charge in [0, 0.05) is 24.3 Å². The second-order valence-corrected chi connectivity index (χ2v) is 3.39. The Labute approximate surface area is 99.2 Å². The van der Waals surface area contributed by atoms with Crippen LogP contribution in [0.3, 0.4) is 0 Å². The lowest BCUT2D eigenvalue weighted by Crippen LogP contribution is -3.00. The van der Waals surface area contributed by atoms with Gasteiger partial charge in [-0.1, -0.05) is 11.8 Å². The molecule has 0 aliphatic carbocycles. The molecule has 13 heavy (non-hydrogen) atoms. The Morgan fingerprint density at radius 2 is 1.85 bits per heavy atom. The van der Waals surface area contributed by atoms with Gasteiger partial charge in [-0.2, -0.15) is 4.40 Å². The molecule has 0 bridgehead atoms. The van der Waals surface area contributed by atoms with E-state index in [0.29, 0.717) is 0 Å². The highest BCUT2D eigenvalue weighted by atomic mass is 127. The van der Waals surface area contributed by atoms with Gasteiger partial charge >= 0.3 is 0 Å². The van der Waals surface area contributed by atoms with Gasteiger partial charge in [0.15, 0.2) is 6.20 Å². The third kappa shape index (κ3) is 2.14. The third-order valence-electron chi connectivity index (χ3n) is 1.84. The number of fused-ring (bicyclic) bond motifs is 1. The maximum atomic E-state index is 2.19. The Bertz CT molecular complexity index is 398.